The summed E-state index contributed by atoms with van der Waals surface area (Å²) < 4.78 is 7.52. The van der Waals surface area contributed by atoms with Crippen LogP contribution in [0.25, 0.3) is 16.7 Å². The second kappa shape index (κ2) is 6.49. The Morgan fingerprint density at radius 3 is 2.72 bits per heavy atom. The number of imidazole rings is 1. The van der Waals surface area contributed by atoms with Crippen LogP contribution in [0.1, 0.15) is 18.1 Å². The SMILES string of the molecule is Cc1nc(N2CCOCC2)c2nc(C3=CCB(C#N)CC3)n(C)c2n1. The van der Waals surface area contributed by atoms with Crippen molar-refractivity contribution in [3.63, 3.8) is 0 Å². The molecule has 4 rings (SSSR count). The van der Waals surface area contributed by atoms with Crippen LogP contribution in [0.15, 0.2) is 6.08 Å². The molecule has 2 aliphatic heterocycles. The molecule has 0 bridgehead atoms. The van der Waals surface area contributed by atoms with Gasteiger partial charge in [-0.2, -0.15) is 0 Å². The highest BCUT2D eigenvalue weighted by atomic mass is 16.5. The Hall–Kier alpha value is -2.40. The predicted molar refractivity (Wildman–Crippen MR) is 97.6 cm³/mol. The number of aryl methyl sites for hydroxylation is 2. The van der Waals surface area contributed by atoms with Gasteiger partial charge in [0.25, 0.3) is 6.71 Å². The van der Waals surface area contributed by atoms with Gasteiger partial charge in [-0.05, 0) is 25.2 Å². The van der Waals surface area contributed by atoms with Gasteiger partial charge in [0.05, 0.1) is 13.2 Å². The van der Waals surface area contributed by atoms with Gasteiger partial charge >= 0.3 is 0 Å². The molecule has 1 fully saturated rings. The second-order valence-electron chi connectivity index (χ2n) is 6.69. The molecular weight excluding hydrogens is 315 g/mol. The average Bonchev–Trinajstić information content (AvgIpc) is 2.98. The van der Waals surface area contributed by atoms with E-state index >= 15 is 0 Å². The van der Waals surface area contributed by atoms with Gasteiger partial charge < -0.3 is 14.2 Å². The zero-order chi connectivity index (χ0) is 17.4. The minimum absolute atomic E-state index is 0.129. The van der Waals surface area contributed by atoms with E-state index in [2.05, 4.69) is 31.5 Å². The summed E-state index contributed by atoms with van der Waals surface area (Å²) >= 11 is 0. The molecule has 0 amide bonds. The Bertz CT molecular complexity index is 877. The minimum atomic E-state index is 0.129. The van der Waals surface area contributed by atoms with Crippen molar-refractivity contribution < 1.29 is 4.74 Å². The number of allylic oxidation sites excluding steroid dienone is 2. The Kier molecular flexibility index (Phi) is 4.18. The Morgan fingerprint density at radius 2 is 2.04 bits per heavy atom. The summed E-state index contributed by atoms with van der Waals surface area (Å²) in [5, 5.41) is 9.09. The van der Waals surface area contributed by atoms with E-state index in [1.54, 1.807) is 0 Å². The first-order chi connectivity index (χ1) is 12.2. The fraction of sp³-hybridized carbons (Fsp3) is 0.529. The van der Waals surface area contributed by atoms with Gasteiger partial charge in [-0.15, -0.1) is 0 Å². The molecule has 0 spiro atoms. The largest absolute Gasteiger partial charge is 0.378 e. The second-order valence-corrected chi connectivity index (χ2v) is 6.69. The number of nitrogens with zero attached hydrogens (tertiary/aromatic N) is 6. The number of ether oxygens (including phenoxy) is 1. The van der Waals surface area contributed by atoms with Crippen molar-refractivity contribution in [2.45, 2.75) is 26.0 Å². The normalized spacial score (nSPS) is 18.4. The van der Waals surface area contributed by atoms with Crippen LogP contribution in [0, 0.1) is 18.2 Å². The molecule has 0 aliphatic carbocycles. The van der Waals surface area contributed by atoms with E-state index in [0.29, 0.717) is 13.2 Å². The topological polar surface area (TPSA) is 79.9 Å². The van der Waals surface area contributed by atoms with Crippen molar-refractivity contribution in [3.8, 4) is 5.97 Å². The molecule has 1 saturated heterocycles. The lowest BCUT2D eigenvalue weighted by Crippen LogP contribution is -2.37. The number of anilines is 1. The van der Waals surface area contributed by atoms with Crippen LogP contribution >= 0.6 is 0 Å². The molecule has 0 N–H and O–H groups in total. The third kappa shape index (κ3) is 2.89. The molecule has 25 heavy (non-hydrogen) atoms. The van der Waals surface area contributed by atoms with Gasteiger partial charge in [-0.1, -0.05) is 12.4 Å². The first-order valence-corrected chi connectivity index (χ1v) is 8.80. The molecule has 0 saturated carbocycles. The van der Waals surface area contributed by atoms with Gasteiger partial charge in [0.15, 0.2) is 17.0 Å². The molecule has 2 aromatic heterocycles. The van der Waals surface area contributed by atoms with E-state index in [4.69, 9.17) is 15.0 Å². The van der Waals surface area contributed by atoms with E-state index in [1.807, 2.05) is 14.0 Å². The molecule has 0 radical (unpaired) electrons. The fourth-order valence-electron chi connectivity index (χ4n) is 3.59. The molecule has 128 valence electrons. The number of nitriles is 1. The fourth-order valence-corrected chi connectivity index (χ4v) is 3.59. The molecular formula is C17H21BN6O. The van der Waals surface area contributed by atoms with E-state index in [0.717, 1.165) is 60.8 Å². The summed E-state index contributed by atoms with van der Waals surface area (Å²) in [6.07, 6.45) is 4.74. The summed E-state index contributed by atoms with van der Waals surface area (Å²) in [4.78, 5) is 16.4. The molecule has 0 atom stereocenters. The molecule has 0 aromatic carbocycles. The highest BCUT2D eigenvalue weighted by Gasteiger charge is 2.25. The molecule has 0 unspecified atom stereocenters. The maximum absolute atomic E-state index is 9.09. The smallest absolute Gasteiger partial charge is 0.271 e. The van der Waals surface area contributed by atoms with E-state index < -0.39 is 0 Å². The van der Waals surface area contributed by atoms with Gasteiger partial charge in [-0.25, -0.2) is 20.2 Å². The zero-order valence-corrected chi connectivity index (χ0v) is 14.7. The summed E-state index contributed by atoms with van der Waals surface area (Å²) in [6.45, 7) is 5.13. The van der Waals surface area contributed by atoms with Crippen molar-refractivity contribution in [1.82, 2.24) is 19.5 Å². The molecule has 4 heterocycles. The first kappa shape index (κ1) is 16.1. The first-order valence-electron chi connectivity index (χ1n) is 8.80. The number of hydrogen-bond donors (Lipinski definition) is 0. The summed E-state index contributed by atoms with van der Waals surface area (Å²) in [6, 6.07) is 0. The summed E-state index contributed by atoms with van der Waals surface area (Å²) in [5.41, 5.74) is 2.93. The van der Waals surface area contributed by atoms with Crippen LogP contribution in [-0.2, 0) is 11.8 Å². The van der Waals surface area contributed by atoms with Crippen molar-refractivity contribution in [1.29, 1.82) is 5.26 Å². The minimum Gasteiger partial charge on any atom is -0.378 e. The Labute approximate surface area is 147 Å². The van der Waals surface area contributed by atoms with Gasteiger partial charge in [0.2, 0.25) is 0 Å². The number of morpholine rings is 1. The lowest BCUT2D eigenvalue weighted by Gasteiger charge is -2.27. The van der Waals surface area contributed by atoms with Crippen molar-refractivity contribution >= 4 is 29.3 Å². The van der Waals surface area contributed by atoms with Crippen molar-refractivity contribution in [3.05, 3.63) is 17.7 Å². The molecule has 2 aromatic rings. The predicted octanol–water partition coefficient (Wildman–Crippen LogP) is 1.85. The van der Waals surface area contributed by atoms with Gasteiger partial charge in [0, 0.05) is 26.1 Å². The zero-order valence-electron chi connectivity index (χ0n) is 14.7. The van der Waals surface area contributed by atoms with Gasteiger partial charge in [-0.3, -0.25) is 0 Å². The third-order valence-electron chi connectivity index (χ3n) is 5.00. The van der Waals surface area contributed by atoms with E-state index in [9.17, 15) is 0 Å². The molecule has 8 heteroatoms. The highest BCUT2D eigenvalue weighted by Crippen LogP contribution is 2.31. The average molecular weight is 336 g/mol. The quantitative estimate of drug-likeness (QED) is 0.779. The summed E-state index contributed by atoms with van der Waals surface area (Å²) in [7, 11) is 2.01. The van der Waals surface area contributed by atoms with Crippen LogP contribution in [0.3, 0.4) is 0 Å². The number of aromatic nitrogens is 4. The maximum Gasteiger partial charge on any atom is 0.271 e. The molecule has 2 aliphatic rings. The number of hydrogen-bond acceptors (Lipinski definition) is 6. The van der Waals surface area contributed by atoms with Crippen LogP contribution in [0.2, 0.25) is 12.6 Å². The lowest BCUT2D eigenvalue weighted by atomic mass is 9.44. The van der Waals surface area contributed by atoms with E-state index in [1.165, 1.54) is 5.57 Å². The standard InChI is InChI=1S/C17H21BN6O/c1-12-20-16-14(17(21-12)24-7-9-25-10-8-24)22-15(23(16)2)13-3-5-18(11-19)6-4-13/h3H,4-10H2,1-2H3. The van der Waals surface area contributed by atoms with Crippen LogP contribution in [0.5, 0.6) is 0 Å². The highest BCUT2D eigenvalue weighted by molar-refractivity contribution is 6.67. The monoisotopic (exact) mass is 336 g/mol. The number of rotatable bonds is 2. The Balaban J connectivity index is 1.79. The van der Waals surface area contributed by atoms with E-state index in [-0.39, 0.29) is 6.71 Å². The van der Waals surface area contributed by atoms with Crippen LogP contribution in [0.4, 0.5) is 5.82 Å². The van der Waals surface area contributed by atoms with Crippen LogP contribution < -0.4 is 4.90 Å². The Morgan fingerprint density at radius 1 is 1.24 bits per heavy atom. The van der Waals surface area contributed by atoms with Crippen molar-refractivity contribution in [2.24, 2.45) is 7.05 Å². The molecule has 7 nitrogen and oxygen atoms in total. The number of fused-ring (bicyclic) bond motifs is 1. The third-order valence-corrected chi connectivity index (χ3v) is 5.00. The van der Waals surface area contributed by atoms with Gasteiger partial charge in [0.1, 0.15) is 11.6 Å². The lowest BCUT2D eigenvalue weighted by molar-refractivity contribution is 0.122. The maximum atomic E-state index is 9.09. The van der Waals surface area contributed by atoms with Crippen LogP contribution in [-0.4, -0.2) is 52.5 Å². The van der Waals surface area contributed by atoms with Crippen molar-refractivity contribution in [2.75, 3.05) is 31.2 Å². The summed E-state index contributed by atoms with van der Waals surface area (Å²) in [5.74, 6) is 4.97.